The van der Waals surface area contributed by atoms with Gasteiger partial charge in [0, 0.05) is 50.4 Å². The summed E-state index contributed by atoms with van der Waals surface area (Å²) in [7, 11) is 3.90. The number of hydrogen-bond donors (Lipinski definition) is 0. The highest BCUT2D eigenvalue weighted by Gasteiger charge is 2.37. The van der Waals surface area contributed by atoms with Gasteiger partial charge in [-0.1, -0.05) is 24.3 Å². The van der Waals surface area contributed by atoms with Crippen molar-refractivity contribution in [1.82, 2.24) is 9.80 Å². The molecule has 0 aliphatic carbocycles. The van der Waals surface area contributed by atoms with Crippen LogP contribution in [0.4, 0.5) is 16.2 Å². The van der Waals surface area contributed by atoms with Gasteiger partial charge < -0.3 is 14.7 Å². The molecule has 3 amide bonds. The van der Waals surface area contributed by atoms with Gasteiger partial charge in [0.15, 0.2) is 0 Å². The van der Waals surface area contributed by atoms with Crippen LogP contribution in [0.5, 0.6) is 0 Å². The molecule has 0 unspecified atom stereocenters. The number of carbonyl (C=O) groups is 3. The maximum atomic E-state index is 12.9. The van der Waals surface area contributed by atoms with Crippen molar-refractivity contribution in [2.75, 3.05) is 56.6 Å². The molecule has 2 saturated heterocycles. The molecule has 2 fully saturated rings. The van der Waals surface area contributed by atoms with E-state index in [1.165, 1.54) is 0 Å². The molecule has 0 bridgehead atoms. The number of halogens is 1. The van der Waals surface area contributed by atoms with Crippen LogP contribution in [0.2, 0.25) is 0 Å². The average molecular weight is 529 g/mol. The zero-order chi connectivity index (χ0) is 23.5. The Bertz CT molecular complexity index is 1100. The Kier molecular flexibility index (Phi) is 7.09. The number of carbonyl (C=O) groups excluding carboxylic acids is 3. The van der Waals surface area contributed by atoms with E-state index in [0.717, 1.165) is 51.2 Å². The number of nitrogens with zero attached hydrogens (tertiary/aromatic N) is 4. The predicted octanol–water partition coefficient (Wildman–Crippen LogP) is 3.90. The van der Waals surface area contributed by atoms with E-state index in [1.54, 1.807) is 11.0 Å². The highest BCUT2D eigenvalue weighted by Crippen LogP contribution is 2.34. The SMILES string of the molecule is CN(C)c1ccc(/C=C2\SC(=O)N(CC(=O)N3CCN(c4ccccc4)CC3)C2=O)cc1Br. The van der Waals surface area contributed by atoms with Gasteiger partial charge in [0.2, 0.25) is 5.91 Å². The summed E-state index contributed by atoms with van der Waals surface area (Å²) in [6, 6.07) is 15.8. The first-order chi connectivity index (χ1) is 15.8. The Morgan fingerprint density at radius 3 is 2.39 bits per heavy atom. The first kappa shape index (κ1) is 23.4. The molecule has 33 heavy (non-hydrogen) atoms. The standard InChI is InChI=1S/C24H25BrN4O3S/c1-26(2)20-9-8-17(14-19(20)25)15-21-23(31)29(24(32)33-21)16-22(30)28-12-10-27(11-13-28)18-6-4-3-5-7-18/h3-9,14-15H,10-13,16H2,1-2H3/b21-15-. The minimum absolute atomic E-state index is 0.204. The summed E-state index contributed by atoms with van der Waals surface area (Å²) in [6.07, 6.45) is 1.69. The molecule has 2 heterocycles. The van der Waals surface area contributed by atoms with Crippen LogP contribution in [-0.2, 0) is 9.59 Å². The van der Waals surface area contributed by atoms with E-state index in [9.17, 15) is 14.4 Å². The molecule has 4 rings (SSSR count). The van der Waals surface area contributed by atoms with Crippen molar-refractivity contribution in [3.63, 3.8) is 0 Å². The lowest BCUT2D eigenvalue weighted by molar-refractivity contribution is -0.136. The lowest BCUT2D eigenvalue weighted by atomic mass is 10.2. The number of imide groups is 1. The summed E-state index contributed by atoms with van der Waals surface area (Å²) in [4.78, 5) is 45.5. The van der Waals surface area contributed by atoms with E-state index < -0.39 is 11.1 Å². The number of para-hydroxylation sites is 1. The third kappa shape index (κ3) is 5.25. The summed E-state index contributed by atoms with van der Waals surface area (Å²) in [6.45, 7) is 2.33. The second-order valence-corrected chi connectivity index (χ2v) is 9.92. The molecule has 9 heteroatoms. The highest BCUT2D eigenvalue weighted by atomic mass is 79.9. The minimum Gasteiger partial charge on any atom is -0.377 e. The zero-order valence-electron chi connectivity index (χ0n) is 18.5. The highest BCUT2D eigenvalue weighted by molar-refractivity contribution is 9.10. The molecule has 0 spiro atoms. The van der Waals surface area contributed by atoms with Crippen LogP contribution in [0, 0.1) is 0 Å². The molecule has 0 atom stereocenters. The summed E-state index contributed by atoms with van der Waals surface area (Å²) in [5, 5.41) is -0.411. The number of benzene rings is 2. The van der Waals surface area contributed by atoms with Crippen LogP contribution < -0.4 is 9.80 Å². The third-order valence-corrected chi connectivity index (χ3v) is 7.21. The summed E-state index contributed by atoms with van der Waals surface area (Å²) >= 11 is 4.41. The maximum Gasteiger partial charge on any atom is 0.294 e. The molecule has 2 aromatic carbocycles. The van der Waals surface area contributed by atoms with Crippen molar-refractivity contribution in [3.05, 3.63) is 63.5 Å². The molecule has 0 saturated carbocycles. The Balaban J connectivity index is 1.38. The van der Waals surface area contributed by atoms with Crippen molar-refractivity contribution in [2.45, 2.75) is 0 Å². The zero-order valence-corrected chi connectivity index (χ0v) is 20.9. The molecule has 7 nitrogen and oxygen atoms in total. The van der Waals surface area contributed by atoms with Gasteiger partial charge in [-0.25, -0.2) is 0 Å². The fourth-order valence-corrected chi connectivity index (χ4v) is 5.44. The molecule has 2 aliphatic heterocycles. The van der Waals surface area contributed by atoms with E-state index in [4.69, 9.17) is 0 Å². The number of amides is 3. The number of piperazine rings is 1. The smallest absolute Gasteiger partial charge is 0.294 e. The van der Waals surface area contributed by atoms with Gasteiger partial charge in [-0.2, -0.15) is 0 Å². The van der Waals surface area contributed by atoms with Gasteiger partial charge in [-0.05, 0) is 63.6 Å². The van der Waals surface area contributed by atoms with Gasteiger partial charge in [0.25, 0.3) is 11.1 Å². The van der Waals surface area contributed by atoms with Gasteiger partial charge in [-0.3, -0.25) is 19.3 Å². The Morgan fingerprint density at radius 1 is 1.06 bits per heavy atom. The van der Waals surface area contributed by atoms with Crippen LogP contribution in [0.3, 0.4) is 0 Å². The fraction of sp³-hybridized carbons (Fsp3) is 0.292. The van der Waals surface area contributed by atoms with E-state index >= 15 is 0 Å². The molecule has 2 aromatic rings. The van der Waals surface area contributed by atoms with Crippen molar-refractivity contribution >= 4 is 62.2 Å². The van der Waals surface area contributed by atoms with Gasteiger partial charge >= 0.3 is 0 Å². The van der Waals surface area contributed by atoms with Crippen molar-refractivity contribution in [1.29, 1.82) is 0 Å². The van der Waals surface area contributed by atoms with Gasteiger partial charge in [0.1, 0.15) is 6.54 Å². The Labute approximate surface area is 206 Å². The first-order valence-corrected chi connectivity index (χ1v) is 12.2. The van der Waals surface area contributed by atoms with Crippen molar-refractivity contribution in [3.8, 4) is 0 Å². The third-order valence-electron chi connectivity index (χ3n) is 5.67. The van der Waals surface area contributed by atoms with Gasteiger partial charge in [0.05, 0.1) is 10.6 Å². The van der Waals surface area contributed by atoms with Crippen LogP contribution in [0.15, 0.2) is 57.9 Å². The maximum absolute atomic E-state index is 12.9. The number of thioether (sulfide) groups is 1. The minimum atomic E-state index is -0.422. The van der Waals surface area contributed by atoms with Gasteiger partial charge in [-0.15, -0.1) is 0 Å². The lowest BCUT2D eigenvalue weighted by Crippen LogP contribution is -2.51. The number of rotatable bonds is 5. The largest absolute Gasteiger partial charge is 0.377 e. The number of hydrogen-bond acceptors (Lipinski definition) is 6. The monoisotopic (exact) mass is 528 g/mol. The second kappa shape index (κ2) is 10.0. The summed E-state index contributed by atoms with van der Waals surface area (Å²) < 4.78 is 0.894. The molecule has 0 aromatic heterocycles. The van der Waals surface area contributed by atoms with Crippen LogP contribution in [0.25, 0.3) is 6.08 Å². The van der Waals surface area contributed by atoms with Crippen molar-refractivity contribution in [2.24, 2.45) is 0 Å². The van der Waals surface area contributed by atoms with E-state index in [2.05, 4.69) is 33.0 Å². The predicted molar refractivity (Wildman–Crippen MR) is 136 cm³/mol. The summed E-state index contributed by atoms with van der Waals surface area (Å²) in [5.41, 5.74) is 2.95. The van der Waals surface area contributed by atoms with E-state index in [0.29, 0.717) is 18.0 Å². The summed E-state index contributed by atoms with van der Waals surface area (Å²) in [5.74, 6) is -0.626. The quantitative estimate of drug-likeness (QED) is 0.548. The Hall–Kier alpha value is -2.78. The topological polar surface area (TPSA) is 64.2 Å². The average Bonchev–Trinajstić information content (AvgIpc) is 3.07. The van der Waals surface area contributed by atoms with Crippen LogP contribution in [0.1, 0.15) is 5.56 Å². The fourth-order valence-electron chi connectivity index (χ4n) is 3.85. The second-order valence-electron chi connectivity index (χ2n) is 8.08. The first-order valence-electron chi connectivity index (χ1n) is 10.6. The molecular weight excluding hydrogens is 504 g/mol. The normalized spacial score (nSPS) is 17.8. The number of anilines is 2. The molecule has 0 radical (unpaired) electrons. The van der Waals surface area contributed by atoms with Crippen LogP contribution in [-0.4, -0.2) is 73.7 Å². The molecule has 172 valence electrons. The van der Waals surface area contributed by atoms with Crippen LogP contribution >= 0.6 is 27.7 Å². The molecule has 0 N–H and O–H groups in total. The van der Waals surface area contributed by atoms with Crippen molar-refractivity contribution < 1.29 is 14.4 Å². The van der Waals surface area contributed by atoms with E-state index in [-0.39, 0.29) is 12.5 Å². The molecular formula is C24H25BrN4O3S. The lowest BCUT2D eigenvalue weighted by Gasteiger charge is -2.36. The van der Waals surface area contributed by atoms with E-state index in [1.807, 2.05) is 55.4 Å². The Morgan fingerprint density at radius 2 is 1.76 bits per heavy atom. The molecule has 2 aliphatic rings.